The van der Waals surface area contributed by atoms with Crippen molar-refractivity contribution >= 4 is 10.0 Å². The number of hydrogen-bond acceptors (Lipinski definition) is 2. The molecule has 0 amide bonds. The van der Waals surface area contributed by atoms with Crippen molar-refractivity contribution in [1.82, 2.24) is 0 Å². The van der Waals surface area contributed by atoms with E-state index < -0.39 is 20.7 Å². The van der Waals surface area contributed by atoms with E-state index in [0.717, 1.165) is 11.6 Å². The van der Waals surface area contributed by atoms with Gasteiger partial charge in [-0.15, -0.1) is 0 Å². The van der Waals surface area contributed by atoms with Crippen LogP contribution in [0.5, 0.6) is 0 Å². The number of benzene rings is 1. The molecule has 0 aliphatic rings. The molecular weight excluding hydrogens is 217 g/mol. The standard InChI is InChI=1S/C10H14FNO2S/c1-10(2,3)7-4-5-8(11)9(6-7)15(12,13)14/h4-6H,1-3H3,(H2,12,13,14). The van der Waals surface area contributed by atoms with Gasteiger partial charge in [-0.2, -0.15) is 0 Å². The SMILES string of the molecule is CC(C)(C)c1ccc(F)c(S(N)(=O)=O)c1. The Bertz CT molecular complexity index is 475. The van der Waals surface area contributed by atoms with E-state index in [0.29, 0.717) is 0 Å². The van der Waals surface area contributed by atoms with Gasteiger partial charge in [0.05, 0.1) is 0 Å². The first-order valence-electron chi connectivity index (χ1n) is 4.45. The van der Waals surface area contributed by atoms with Crippen molar-refractivity contribution in [3.8, 4) is 0 Å². The van der Waals surface area contributed by atoms with Gasteiger partial charge in [-0.3, -0.25) is 0 Å². The molecule has 1 aromatic rings. The van der Waals surface area contributed by atoms with Crippen molar-refractivity contribution in [3.63, 3.8) is 0 Å². The summed E-state index contributed by atoms with van der Waals surface area (Å²) in [6.45, 7) is 5.73. The fourth-order valence-electron chi connectivity index (χ4n) is 1.19. The molecule has 3 nitrogen and oxygen atoms in total. The Labute approximate surface area is 89.2 Å². The predicted molar refractivity (Wildman–Crippen MR) is 56.5 cm³/mol. The van der Waals surface area contributed by atoms with E-state index in [1.54, 1.807) is 6.07 Å². The molecule has 1 aromatic carbocycles. The second kappa shape index (κ2) is 3.57. The third-order valence-electron chi connectivity index (χ3n) is 2.10. The molecule has 0 saturated carbocycles. The van der Waals surface area contributed by atoms with Gasteiger partial charge in [-0.05, 0) is 23.1 Å². The van der Waals surface area contributed by atoms with Crippen LogP contribution in [0.25, 0.3) is 0 Å². The highest BCUT2D eigenvalue weighted by Crippen LogP contribution is 2.25. The van der Waals surface area contributed by atoms with Crippen molar-refractivity contribution < 1.29 is 12.8 Å². The molecule has 84 valence electrons. The highest BCUT2D eigenvalue weighted by Gasteiger charge is 2.20. The zero-order valence-electron chi connectivity index (χ0n) is 8.91. The van der Waals surface area contributed by atoms with Crippen LogP contribution in [-0.2, 0) is 15.4 Å². The highest BCUT2D eigenvalue weighted by molar-refractivity contribution is 7.89. The van der Waals surface area contributed by atoms with E-state index >= 15 is 0 Å². The average molecular weight is 231 g/mol. The summed E-state index contributed by atoms with van der Waals surface area (Å²) in [5, 5.41) is 4.90. The molecule has 0 heterocycles. The molecule has 0 unspecified atom stereocenters. The molecule has 0 bridgehead atoms. The molecule has 0 spiro atoms. The normalized spacial score (nSPS) is 12.9. The van der Waals surface area contributed by atoms with Crippen LogP contribution in [0.3, 0.4) is 0 Å². The van der Waals surface area contributed by atoms with E-state index in [1.165, 1.54) is 6.07 Å². The second-order valence-corrected chi connectivity index (χ2v) is 5.97. The second-order valence-electron chi connectivity index (χ2n) is 4.44. The Balaban J connectivity index is 3.43. The lowest BCUT2D eigenvalue weighted by atomic mass is 9.87. The van der Waals surface area contributed by atoms with Crippen molar-refractivity contribution in [1.29, 1.82) is 0 Å². The Morgan fingerprint density at radius 3 is 2.20 bits per heavy atom. The van der Waals surface area contributed by atoms with Gasteiger partial charge < -0.3 is 0 Å². The lowest BCUT2D eigenvalue weighted by molar-refractivity contribution is 0.555. The summed E-state index contributed by atoms with van der Waals surface area (Å²) in [5.74, 6) is -0.814. The quantitative estimate of drug-likeness (QED) is 0.800. The summed E-state index contributed by atoms with van der Waals surface area (Å²) in [5.41, 5.74) is 0.487. The van der Waals surface area contributed by atoms with Crippen LogP contribution in [-0.4, -0.2) is 8.42 Å². The maximum Gasteiger partial charge on any atom is 0.240 e. The van der Waals surface area contributed by atoms with Crippen LogP contribution in [0.1, 0.15) is 26.3 Å². The van der Waals surface area contributed by atoms with Gasteiger partial charge in [0, 0.05) is 0 Å². The van der Waals surface area contributed by atoms with Gasteiger partial charge in [0.1, 0.15) is 10.7 Å². The van der Waals surface area contributed by atoms with E-state index in [2.05, 4.69) is 0 Å². The monoisotopic (exact) mass is 231 g/mol. The molecule has 0 saturated heterocycles. The van der Waals surface area contributed by atoms with E-state index in [4.69, 9.17) is 5.14 Å². The predicted octanol–water partition coefficient (Wildman–Crippen LogP) is 1.77. The molecule has 0 aromatic heterocycles. The molecule has 15 heavy (non-hydrogen) atoms. The van der Waals surface area contributed by atoms with Crippen LogP contribution in [0.15, 0.2) is 23.1 Å². The maximum atomic E-state index is 13.2. The summed E-state index contributed by atoms with van der Waals surface area (Å²) >= 11 is 0. The Morgan fingerprint density at radius 2 is 1.80 bits per heavy atom. The van der Waals surface area contributed by atoms with E-state index in [9.17, 15) is 12.8 Å². The summed E-state index contributed by atoms with van der Waals surface area (Å²) in [4.78, 5) is -0.449. The maximum absolute atomic E-state index is 13.2. The van der Waals surface area contributed by atoms with Gasteiger partial charge in [-0.1, -0.05) is 26.8 Å². The third kappa shape index (κ3) is 2.76. The largest absolute Gasteiger partial charge is 0.240 e. The number of primary sulfonamides is 1. The van der Waals surface area contributed by atoms with Gasteiger partial charge in [0.25, 0.3) is 0 Å². The fraction of sp³-hybridized carbons (Fsp3) is 0.400. The van der Waals surface area contributed by atoms with E-state index in [-0.39, 0.29) is 5.41 Å². The fourth-order valence-corrected chi connectivity index (χ4v) is 1.82. The lowest BCUT2D eigenvalue weighted by Crippen LogP contribution is -2.17. The highest BCUT2D eigenvalue weighted by atomic mass is 32.2. The minimum atomic E-state index is -3.99. The number of sulfonamides is 1. The third-order valence-corrected chi connectivity index (χ3v) is 3.03. The zero-order chi connectivity index (χ0) is 11.9. The first-order chi connectivity index (χ1) is 6.62. The molecule has 0 aliphatic carbocycles. The molecule has 0 radical (unpaired) electrons. The smallest absolute Gasteiger partial charge is 0.225 e. The Kier molecular flexibility index (Phi) is 2.89. The van der Waals surface area contributed by atoms with Crippen LogP contribution in [0.4, 0.5) is 4.39 Å². The van der Waals surface area contributed by atoms with Gasteiger partial charge in [-0.25, -0.2) is 17.9 Å². The van der Waals surface area contributed by atoms with Gasteiger partial charge in [0.2, 0.25) is 10.0 Å². The topological polar surface area (TPSA) is 60.2 Å². The van der Waals surface area contributed by atoms with Crippen LogP contribution in [0, 0.1) is 5.82 Å². The molecule has 5 heteroatoms. The molecule has 0 fully saturated rings. The molecule has 0 atom stereocenters. The van der Waals surface area contributed by atoms with E-state index in [1.807, 2.05) is 20.8 Å². The number of hydrogen-bond donors (Lipinski definition) is 1. The average Bonchev–Trinajstić information content (AvgIpc) is 2.00. The Hall–Kier alpha value is -0.940. The Morgan fingerprint density at radius 1 is 1.27 bits per heavy atom. The molecule has 0 aliphatic heterocycles. The minimum absolute atomic E-state index is 0.243. The summed E-state index contributed by atoms with van der Waals surface area (Å²) in [6, 6.07) is 3.97. The summed E-state index contributed by atoms with van der Waals surface area (Å²) in [6.07, 6.45) is 0. The molecular formula is C10H14FNO2S. The molecule has 1 rings (SSSR count). The van der Waals surface area contributed by atoms with Crippen LogP contribution < -0.4 is 5.14 Å². The summed E-state index contributed by atoms with van der Waals surface area (Å²) in [7, 11) is -3.99. The van der Waals surface area contributed by atoms with Crippen molar-refractivity contribution in [2.75, 3.05) is 0 Å². The number of rotatable bonds is 1. The first-order valence-corrected chi connectivity index (χ1v) is 6.00. The summed E-state index contributed by atoms with van der Waals surface area (Å²) < 4.78 is 35.3. The lowest BCUT2D eigenvalue weighted by Gasteiger charge is -2.19. The van der Waals surface area contributed by atoms with Crippen molar-refractivity contribution in [2.24, 2.45) is 5.14 Å². The number of halogens is 1. The van der Waals surface area contributed by atoms with Crippen molar-refractivity contribution in [3.05, 3.63) is 29.6 Å². The van der Waals surface area contributed by atoms with Gasteiger partial charge in [0.15, 0.2) is 0 Å². The van der Waals surface area contributed by atoms with Crippen molar-refractivity contribution in [2.45, 2.75) is 31.1 Å². The first kappa shape index (κ1) is 12.1. The minimum Gasteiger partial charge on any atom is -0.225 e. The van der Waals surface area contributed by atoms with Crippen LogP contribution in [0.2, 0.25) is 0 Å². The zero-order valence-corrected chi connectivity index (χ0v) is 9.73. The molecule has 2 N–H and O–H groups in total. The number of nitrogens with two attached hydrogens (primary N) is 1. The van der Waals surface area contributed by atoms with Crippen LogP contribution >= 0.6 is 0 Å². The van der Waals surface area contributed by atoms with Gasteiger partial charge >= 0.3 is 0 Å².